The number of aromatic nitrogens is 2. The van der Waals surface area contributed by atoms with Crippen molar-refractivity contribution in [1.29, 1.82) is 0 Å². The minimum atomic E-state index is -0.492. The molecule has 8 nitrogen and oxygen atoms in total. The molecule has 0 saturated carbocycles. The fourth-order valence-corrected chi connectivity index (χ4v) is 4.13. The van der Waals surface area contributed by atoms with Crippen LogP contribution in [0.2, 0.25) is 0 Å². The summed E-state index contributed by atoms with van der Waals surface area (Å²) in [5, 5.41) is 7.33. The van der Waals surface area contributed by atoms with E-state index in [1.165, 1.54) is 0 Å². The van der Waals surface area contributed by atoms with Gasteiger partial charge < -0.3 is 19.7 Å². The standard InChI is InChI=1S/C24H24N4O4/c1-27-19-9-5-6-10-21(19)32-15-17(24(27)30)14-25-23(29)18-13-20-22(16-7-3-2-4-8-16)31-12-11-28(20)26-18/h2-10,13,17,22H,11-12,14-15H2,1H3,(H,25,29)/t17-,22?/m0/s1. The van der Waals surface area contributed by atoms with Crippen LogP contribution in [0, 0.1) is 5.92 Å². The fraction of sp³-hybridized carbons (Fsp3) is 0.292. The molecule has 0 saturated heterocycles. The second kappa shape index (κ2) is 8.47. The van der Waals surface area contributed by atoms with Crippen LogP contribution in [-0.2, 0) is 16.1 Å². The number of carbonyl (C=O) groups excluding carboxylic acids is 2. The van der Waals surface area contributed by atoms with Crippen molar-refractivity contribution in [3.63, 3.8) is 0 Å². The third-order valence-electron chi connectivity index (χ3n) is 5.86. The number of hydrogen-bond acceptors (Lipinski definition) is 5. The monoisotopic (exact) mass is 432 g/mol. The fourth-order valence-electron chi connectivity index (χ4n) is 4.13. The first kappa shape index (κ1) is 20.3. The molecule has 3 heterocycles. The van der Waals surface area contributed by atoms with Gasteiger partial charge in [0.1, 0.15) is 18.5 Å². The van der Waals surface area contributed by atoms with Crippen LogP contribution in [0.5, 0.6) is 5.75 Å². The highest BCUT2D eigenvalue weighted by atomic mass is 16.5. The molecule has 2 aliphatic rings. The van der Waals surface area contributed by atoms with Gasteiger partial charge in [0.15, 0.2) is 5.69 Å². The molecule has 2 amide bonds. The van der Waals surface area contributed by atoms with E-state index in [4.69, 9.17) is 9.47 Å². The summed E-state index contributed by atoms with van der Waals surface area (Å²) >= 11 is 0. The summed E-state index contributed by atoms with van der Waals surface area (Å²) < 4.78 is 13.6. The maximum Gasteiger partial charge on any atom is 0.271 e. The minimum absolute atomic E-state index is 0.100. The van der Waals surface area contributed by atoms with E-state index >= 15 is 0 Å². The second-order valence-corrected chi connectivity index (χ2v) is 7.92. The largest absolute Gasteiger partial charge is 0.490 e. The van der Waals surface area contributed by atoms with Gasteiger partial charge in [-0.3, -0.25) is 14.3 Å². The van der Waals surface area contributed by atoms with Gasteiger partial charge in [-0.05, 0) is 23.8 Å². The van der Waals surface area contributed by atoms with E-state index in [0.717, 1.165) is 16.9 Å². The van der Waals surface area contributed by atoms with Crippen LogP contribution in [0.15, 0.2) is 60.7 Å². The maximum atomic E-state index is 12.9. The molecule has 2 aromatic carbocycles. The van der Waals surface area contributed by atoms with Crippen LogP contribution in [-0.4, -0.2) is 48.4 Å². The number of amides is 2. The molecule has 2 aliphatic heterocycles. The molecule has 0 bridgehead atoms. The number of carbonyl (C=O) groups is 2. The van der Waals surface area contributed by atoms with Crippen molar-refractivity contribution in [2.75, 3.05) is 31.7 Å². The average molecular weight is 432 g/mol. The van der Waals surface area contributed by atoms with Gasteiger partial charge in [0, 0.05) is 13.6 Å². The topological polar surface area (TPSA) is 85.7 Å². The summed E-state index contributed by atoms with van der Waals surface area (Å²) in [4.78, 5) is 27.3. The smallest absolute Gasteiger partial charge is 0.271 e. The van der Waals surface area contributed by atoms with Crippen molar-refractivity contribution in [2.24, 2.45) is 5.92 Å². The number of nitrogens with one attached hydrogen (secondary N) is 1. The molecule has 1 N–H and O–H groups in total. The van der Waals surface area contributed by atoms with Crippen LogP contribution >= 0.6 is 0 Å². The Kier molecular flexibility index (Phi) is 5.36. The van der Waals surface area contributed by atoms with Gasteiger partial charge >= 0.3 is 0 Å². The number of anilines is 1. The van der Waals surface area contributed by atoms with Gasteiger partial charge in [-0.15, -0.1) is 0 Å². The molecule has 0 aliphatic carbocycles. The molecule has 1 aromatic heterocycles. The third kappa shape index (κ3) is 3.73. The summed E-state index contributed by atoms with van der Waals surface area (Å²) in [5.74, 6) is -0.257. The van der Waals surface area contributed by atoms with Crippen LogP contribution in [0.1, 0.15) is 27.8 Å². The van der Waals surface area contributed by atoms with Gasteiger partial charge in [0.05, 0.1) is 30.5 Å². The van der Waals surface area contributed by atoms with Crippen LogP contribution in [0.25, 0.3) is 0 Å². The Bertz CT molecular complexity index is 1140. The van der Waals surface area contributed by atoms with E-state index < -0.39 is 5.92 Å². The van der Waals surface area contributed by atoms with Gasteiger partial charge in [0.2, 0.25) is 5.91 Å². The lowest BCUT2D eigenvalue weighted by molar-refractivity contribution is -0.122. The number of benzene rings is 2. The Balaban J connectivity index is 1.28. The molecule has 3 aromatic rings. The van der Waals surface area contributed by atoms with Crippen molar-refractivity contribution in [1.82, 2.24) is 15.1 Å². The van der Waals surface area contributed by atoms with Gasteiger partial charge in [-0.1, -0.05) is 42.5 Å². The van der Waals surface area contributed by atoms with E-state index in [1.54, 1.807) is 18.0 Å². The maximum absolute atomic E-state index is 12.9. The molecule has 32 heavy (non-hydrogen) atoms. The molecule has 164 valence electrons. The lowest BCUT2D eigenvalue weighted by Gasteiger charge is -2.24. The first-order valence-corrected chi connectivity index (χ1v) is 10.6. The molecule has 5 rings (SSSR count). The van der Waals surface area contributed by atoms with Gasteiger partial charge in [0.25, 0.3) is 5.91 Å². The first-order valence-electron chi connectivity index (χ1n) is 10.6. The number of nitrogens with zero attached hydrogens (tertiary/aromatic N) is 3. The number of fused-ring (bicyclic) bond motifs is 2. The summed E-state index contributed by atoms with van der Waals surface area (Å²) in [5.41, 5.74) is 2.89. The van der Waals surface area contributed by atoms with Crippen molar-refractivity contribution in [3.8, 4) is 5.75 Å². The Morgan fingerprint density at radius 3 is 2.78 bits per heavy atom. The third-order valence-corrected chi connectivity index (χ3v) is 5.86. The van der Waals surface area contributed by atoms with Crippen molar-refractivity contribution in [3.05, 3.63) is 77.6 Å². The lowest BCUT2D eigenvalue weighted by atomic mass is 10.1. The Hall–Kier alpha value is -3.65. The molecule has 1 unspecified atom stereocenters. The average Bonchev–Trinajstić information content (AvgIpc) is 3.24. The summed E-state index contributed by atoms with van der Waals surface area (Å²) in [6.45, 7) is 1.47. The SMILES string of the molecule is CN1C(=O)[C@@H](CNC(=O)c2cc3n(n2)CCOC3c2ccccc2)COc2ccccc21. The Labute approximate surface area is 185 Å². The first-order chi connectivity index (χ1) is 15.6. The number of para-hydroxylation sites is 2. The van der Waals surface area contributed by atoms with Crippen LogP contribution < -0.4 is 15.0 Å². The van der Waals surface area contributed by atoms with Crippen molar-refractivity contribution < 1.29 is 19.1 Å². The van der Waals surface area contributed by atoms with E-state index in [2.05, 4.69) is 10.4 Å². The molecule has 0 fully saturated rings. The molecule has 8 heteroatoms. The van der Waals surface area contributed by atoms with E-state index in [0.29, 0.717) is 24.6 Å². The predicted octanol–water partition coefficient (Wildman–Crippen LogP) is 2.40. The normalized spacial score (nSPS) is 20.0. The zero-order chi connectivity index (χ0) is 22.1. The van der Waals surface area contributed by atoms with Crippen LogP contribution in [0.3, 0.4) is 0 Å². The van der Waals surface area contributed by atoms with Gasteiger partial charge in [-0.25, -0.2) is 0 Å². The predicted molar refractivity (Wildman–Crippen MR) is 118 cm³/mol. The molecular formula is C24H24N4O4. The quantitative estimate of drug-likeness (QED) is 0.684. The second-order valence-electron chi connectivity index (χ2n) is 7.92. The van der Waals surface area contributed by atoms with Crippen LogP contribution in [0.4, 0.5) is 5.69 Å². The van der Waals surface area contributed by atoms with Crippen molar-refractivity contribution >= 4 is 17.5 Å². The molecule has 0 radical (unpaired) electrons. The highest BCUT2D eigenvalue weighted by Crippen LogP contribution is 2.31. The molecule has 2 atom stereocenters. The zero-order valence-corrected chi connectivity index (χ0v) is 17.7. The van der Waals surface area contributed by atoms with E-state index in [9.17, 15) is 9.59 Å². The zero-order valence-electron chi connectivity index (χ0n) is 17.7. The van der Waals surface area contributed by atoms with E-state index in [1.807, 2.05) is 59.3 Å². The number of rotatable bonds is 4. The van der Waals surface area contributed by atoms with E-state index in [-0.39, 0.29) is 31.1 Å². The Morgan fingerprint density at radius 1 is 1.16 bits per heavy atom. The highest BCUT2D eigenvalue weighted by molar-refractivity contribution is 5.97. The minimum Gasteiger partial charge on any atom is -0.490 e. The lowest BCUT2D eigenvalue weighted by Crippen LogP contribution is -2.41. The summed E-state index contributed by atoms with van der Waals surface area (Å²) in [6, 6.07) is 19.0. The van der Waals surface area contributed by atoms with Gasteiger partial charge in [-0.2, -0.15) is 5.10 Å². The van der Waals surface area contributed by atoms with Crippen molar-refractivity contribution in [2.45, 2.75) is 12.6 Å². The molecule has 0 spiro atoms. The number of ether oxygens (including phenoxy) is 2. The number of hydrogen-bond donors (Lipinski definition) is 1. The summed E-state index contributed by atoms with van der Waals surface area (Å²) in [6.07, 6.45) is -0.261. The highest BCUT2D eigenvalue weighted by Gasteiger charge is 2.30. The Morgan fingerprint density at radius 2 is 1.94 bits per heavy atom. The summed E-state index contributed by atoms with van der Waals surface area (Å²) in [7, 11) is 1.72. The molecular weight excluding hydrogens is 408 g/mol.